The van der Waals surface area contributed by atoms with E-state index in [2.05, 4.69) is 68.8 Å². The molecular weight excluding hydrogens is 250 g/mol. The first-order valence-electron chi connectivity index (χ1n) is 7.04. The number of fused-ring (bicyclic) bond motifs is 3. The highest BCUT2D eigenvalue weighted by Crippen LogP contribution is 2.48. The molecule has 0 fully saturated rings. The number of hydrogen-bond acceptors (Lipinski definition) is 1. The van der Waals surface area contributed by atoms with Crippen molar-refractivity contribution in [3.05, 3.63) is 40.9 Å². The van der Waals surface area contributed by atoms with Crippen LogP contribution in [0.1, 0.15) is 45.4 Å². The zero-order valence-corrected chi connectivity index (χ0v) is 13.3. The fourth-order valence-electron chi connectivity index (χ4n) is 3.59. The van der Waals surface area contributed by atoms with Gasteiger partial charge >= 0.3 is 0 Å². The quantitative estimate of drug-likeness (QED) is 0.676. The lowest BCUT2D eigenvalue weighted by atomic mass is 9.64. The van der Waals surface area contributed by atoms with Crippen LogP contribution in [0.5, 0.6) is 0 Å². The smallest absolute Gasteiger partial charge is 0.180 e. The van der Waals surface area contributed by atoms with Gasteiger partial charge in [0.25, 0.3) is 5.01 Å². The average molecular weight is 272 g/mol. The van der Waals surface area contributed by atoms with E-state index in [0.717, 1.165) is 6.42 Å². The standard InChI is InChI=1S/C17H22NS/c1-6-17(5)16(3,4)14-10-8-7-9-13(14)15-18(17)12(2)11-19-15/h7-11H,6H2,1-5H3/q+1. The molecule has 1 atom stereocenters. The number of aromatic nitrogens is 1. The van der Waals surface area contributed by atoms with Crippen LogP contribution in [-0.2, 0) is 11.0 Å². The van der Waals surface area contributed by atoms with E-state index in [0.29, 0.717) is 0 Å². The van der Waals surface area contributed by atoms with Gasteiger partial charge < -0.3 is 0 Å². The van der Waals surface area contributed by atoms with Gasteiger partial charge in [0, 0.05) is 20.3 Å². The maximum Gasteiger partial charge on any atom is 0.269 e. The highest BCUT2D eigenvalue weighted by atomic mass is 32.1. The summed E-state index contributed by atoms with van der Waals surface area (Å²) in [4.78, 5) is 0. The Kier molecular flexibility index (Phi) is 2.66. The van der Waals surface area contributed by atoms with Crippen LogP contribution >= 0.6 is 11.3 Å². The molecule has 2 heteroatoms. The minimum atomic E-state index is 0.140. The van der Waals surface area contributed by atoms with Crippen molar-refractivity contribution in [2.45, 2.75) is 52.0 Å². The summed E-state index contributed by atoms with van der Waals surface area (Å²) >= 11 is 1.88. The Morgan fingerprint density at radius 2 is 1.84 bits per heavy atom. The Labute approximate surface area is 119 Å². The number of hydrogen-bond donors (Lipinski definition) is 0. The van der Waals surface area contributed by atoms with Gasteiger partial charge in [-0.3, -0.25) is 0 Å². The third-order valence-corrected chi connectivity index (χ3v) is 6.34. The Hall–Kier alpha value is -1.15. The molecule has 0 radical (unpaired) electrons. The molecule has 0 amide bonds. The summed E-state index contributed by atoms with van der Waals surface area (Å²) in [6.45, 7) is 11.7. The predicted octanol–water partition coefficient (Wildman–Crippen LogP) is 4.43. The monoisotopic (exact) mass is 272 g/mol. The molecule has 1 aromatic carbocycles. The van der Waals surface area contributed by atoms with Crippen molar-refractivity contribution < 1.29 is 4.57 Å². The summed E-state index contributed by atoms with van der Waals surface area (Å²) in [6, 6.07) is 8.91. The predicted molar refractivity (Wildman–Crippen MR) is 81.7 cm³/mol. The zero-order chi connectivity index (χ0) is 13.8. The molecule has 0 bridgehead atoms. The normalized spacial score (nSPS) is 23.8. The van der Waals surface area contributed by atoms with Gasteiger partial charge in [0.1, 0.15) is 0 Å². The van der Waals surface area contributed by atoms with Crippen molar-refractivity contribution in [3.8, 4) is 10.6 Å². The third-order valence-electron chi connectivity index (χ3n) is 5.26. The molecule has 2 heterocycles. The molecule has 1 aliphatic heterocycles. The lowest BCUT2D eigenvalue weighted by molar-refractivity contribution is -0.765. The fraction of sp³-hybridized carbons (Fsp3) is 0.471. The van der Waals surface area contributed by atoms with E-state index >= 15 is 0 Å². The Bertz CT molecular complexity index is 638. The minimum Gasteiger partial charge on any atom is -0.180 e. The first-order chi connectivity index (χ1) is 8.93. The van der Waals surface area contributed by atoms with E-state index in [-0.39, 0.29) is 11.0 Å². The molecule has 1 nitrogen and oxygen atoms in total. The molecule has 0 saturated heterocycles. The molecule has 1 aromatic heterocycles. The summed E-state index contributed by atoms with van der Waals surface area (Å²) in [5, 5.41) is 3.71. The molecule has 2 aromatic rings. The number of nitrogens with zero attached hydrogens (tertiary/aromatic N) is 1. The summed E-state index contributed by atoms with van der Waals surface area (Å²) in [7, 11) is 0. The van der Waals surface area contributed by atoms with Crippen LogP contribution in [0.25, 0.3) is 10.6 Å². The second-order valence-corrected chi connectivity index (χ2v) is 7.17. The van der Waals surface area contributed by atoms with E-state index in [1.807, 2.05) is 11.3 Å². The van der Waals surface area contributed by atoms with Crippen LogP contribution in [0.4, 0.5) is 0 Å². The van der Waals surface area contributed by atoms with Gasteiger partial charge in [0.15, 0.2) is 11.2 Å². The molecule has 100 valence electrons. The lowest BCUT2D eigenvalue weighted by Crippen LogP contribution is -2.67. The highest BCUT2D eigenvalue weighted by molar-refractivity contribution is 7.12. The second kappa shape index (κ2) is 3.92. The number of rotatable bonds is 1. The van der Waals surface area contributed by atoms with Crippen molar-refractivity contribution >= 4 is 11.3 Å². The lowest BCUT2D eigenvalue weighted by Gasteiger charge is -2.43. The summed E-state index contributed by atoms with van der Waals surface area (Å²) in [6.07, 6.45) is 1.14. The SMILES string of the molecule is CCC1(C)[n+]2c(C)csc2-c2ccccc2C1(C)C. The van der Waals surface area contributed by atoms with Gasteiger partial charge in [0.2, 0.25) is 0 Å². The van der Waals surface area contributed by atoms with Crippen LogP contribution in [0.2, 0.25) is 0 Å². The summed E-state index contributed by atoms with van der Waals surface area (Å²) < 4.78 is 2.57. The largest absolute Gasteiger partial charge is 0.269 e. The molecular formula is C17H22NS+. The van der Waals surface area contributed by atoms with Crippen molar-refractivity contribution in [1.29, 1.82) is 0 Å². The van der Waals surface area contributed by atoms with Gasteiger partial charge in [0.05, 0.1) is 16.4 Å². The number of benzene rings is 1. The second-order valence-electron chi connectivity index (χ2n) is 6.32. The van der Waals surface area contributed by atoms with E-state index in [1.165, 1.54) is 21.8 Å². The summed E-state index contributed by atoms with van der Waals surface area (Å²) in [5.74, 6) is 0. The minimum absolute atomic E-state index is 0.140. The molecule has 0 spiro atoms. The maximum atomic E-state index is 2.57. The molecule has 1 aliphatic rings. The van der Waals surface area contributed by atoms with E-state index in [4.69, 9.17) is 0 Å². The van der Waals surface area contributed by atoms with E-state index < -0.39 is 0 Å². The summed E-state index contributed by atoms with van der Waals surface area (Å²) in [5.41, 5.74) is 4.56. The van der Waals surface area contributed by atoms with Gasteiger partial charge in [-0.25, -0.2) is 0 Å². The van der Waals surface area contributed by atoms with Crippen molar-refractivity contribution in [2.75, 3.05) is 0 Å². The maximum absolute atomic E-state index is 2.57. The van der Waals surface area contributed by atoms with E-state index in [9.17, 15) is 0 Å². The zero-order valence-electron chi connectivity index (χ0n) is 12.4. The van der Waals surface area contributed by atoms with Crippen molar-refractivity contribution in [3.63, 3.8) is 0 Å². The molecule has 3 rings (SSSR count). The average Bonchev–Trinajstić information content (AvgIpc) is 2.79. The van der Waals surface area contributed by atoms with Crippen LogP contribution in [0.15, 0.2) is 29.6 Å². The first-order valence-corrected chi connectivity index (χ1v) is 7.92. The molecule has 0 saturated carbocycles. The van der Waals surface area contributed by atoms with Crippen LogP contribution in [0, 0.1) is 6.92 Å². The van der Waals surface area contributed by atoms with Gasteiger partial charge in [-0.1, -0.05) is 36.5 Å². The molecule has 0 aliphatic carbocycles. The molecule has 0 N–H and O–H groups in total. The fourth-order valence-corrected chi connectivity index (χ4v) is 4.73. The van der Waals surface area contributed by atoms with E-state index in [1.54, 1.807) is 0 Å². The molecule has 19 heavy (non-hydrogen) atoms. The van der Waals surface area contributed by atoms with Crippen molar-refractivity contribution in [1.82, 2.24) is 0 Å². The van der Waals surface area contributed by atoms with Gasteiger partial charge in [-0.15, -0.1) is 0 Å². The van der Waals surface area contributed by atoms with Crippen LogP contribution < -0.4 is 4.57 Å². The van der Waals surface area contributed by atoms with Crippen molar-refractivity contribution in [2.24, 2.45) is 0 Å². The Morgan fingerprint density at radius 3 is 2.53 bits per heavy atom. The molecule has 1 unspecified atom stereocenters. The third kappa shape index (κ3) is 1.44. The van der Waals surface area contributed by atoms with Crippen LogP contribution in [-0.4, -0.2) is 0 Å². The van der Waals surface area contributed by atoms with Gasteiger partial charge in [-0.05, 0) is 25.5 Å². The topological polar surface area (TPSA) is 3.88 Å². The highest BCUT2D eigenvalue weighted by Gasteiger charge is 2.55. The Morgan fingerprint density at radius 1 is 1.16 bits per heavy atom. The number of thiazole rings is 1. The van der Waals surface area contributed by atoms with Crippen LogP contribution in [0.3, 0.4) is 0 Å². The number of aryl methyl sites for hydroxylation is 1. The first kappa shape index (κ1) is 12.9. The van der Waals surface area contributed by atoms with Gasteiger partial charge in [-0.2, -0.15) is 4.57 Å². The Balaban J connectivity index is 2.44.